The van der Waals surface area contributed by atoms with Crippen LogP contribution in [-0.4, -0.2) is 6.54 Å². The zero-order valence-electron chi connectivity index (χ0n) is 9.13. The maximum absolute atomic E-state index is 6.21. The van der Waals surface area contributed by atoms with Crippen molar-refractivity contribution in [3.05, 3.63) is 52.0 Å². The van der Waals surface area contributed by atoms with E-state index in [2.05, 4.69) is 23.5 Å². The lowest BCUT2D eigenvalue weighted by atomic mass is 10.0. The minimum absolute atomic E-state index is 0.711. The zero-order valence-corrected chi connectivity index (χ0v) is 10.6. The van der Waals surface area contributed by atoms with Crippen LogP contribution in [0.1, 0.15) is 5.56 Å². The van der Waals surface area contributed by atoms with E-state index in [9.17, 15) is 0 Å². The molecule has 0 unspecified atom stereocenters. The summed E-state index contributed by atoms with van der Waals surface area (Å²) < 4.78 is 0. The van der Waals surface area contributed by atoms with Gasteiger partial charge in [0.1, 0.15) is 0 Å². The van der Waals surface area contributed by atoms with Crippen molar-refractivity contribution in [1.82, 2.24) is 0 Å². The van der Waals surface area contributed by atoms with E-state index in [1.807, 2.05) is 18.2 Å². The fraction of sp³-hybridized carbons (Fsp3) is 0.143. The second-order valence-corrected chi connectivity index (χ2v) is 5.02. The number of halogens is 2. The van der Waals surface area contributed by atoms with E-state index in [4.69, 9.17) is 23.2 Å². The lowest BCUT2D eigenvalue weighted by Crippen LogP contribution is -1.90. The Hall–Kier alpha value is -1.18. The quantitative estimate of drug-likeness (QED) is 0.791. The largest absolute Gasteiger partial charge is 0.384 e. The van der Waals surface area contributed by atoms with Crippen LogP contribution in [0, 0.1) is 0 Å². The van der Waals surface area contributed by atoms with Crippen LogP contribution in [-0.2, 0) is 6.42 Å². The number of anilines is 1. The van der Waals surface area contributed by atoms with Gasteiger partial charge in [-0.25, -0.2) is 0 Å². The van der Waals surface area contributed by atoms with Crippen LogP contribution >= 0.6 is 23.2 Å². The van der Waals surface area contributed by atoms with Crippen LogP contribution in [0.15, 0.2) is 36.4 Å². The van der Waals surface area contributed by atoms with Crippen molar-refractivity contribution in [2.45, 2.75) is 6.42 Å². The second-order valence-electron chi connectivity index (χ2n) is 4.17. The minimum atomic E-state index is 0.711. The SMILES string of the molecule is Clc1ccc(Cl)c(-c2ccc3c(c2)CCN3)c1. The summed E-state index contributed by atoms with van der Waals surface area (Å²) in [4.78, 5) is 0. The van der Waals surface area contributed by atoms with Gasteiger partial charge in [-0.15, -0.1) is 0 Å². The Labute approximate surface area is 110 Å². The maximum Gasteiger partial charge on any atom is 0.0485 e. The van der Waals surface area contributed by atoms with E-state index >= 15 is 0 Å². The molecule has 1 N–H and O–H groups in total. The monoisotopic (exact) mass is 263 g/mol. The standard InChI is InChI=1S/C14H11Cl2N/c15-11-2-3-13(16)12(8-11)9-1-4-14-10(7-9)5-6-17-14/h1-4,7-8,17H,5-6H2. The summed E-state index contributed by atoms with van der Waals surface area (Å²) in [6.07, 6.45) is 1.07. The number of nitrogens with one attached hydrogen (secondary N) is 1. The Morgan fingerprint density at radius 3 is 2.76 bits per heavy atom. The van der Waals surface area contributed by atoms with Crippen molar-refractivity contribution in [3.8, 4) is 11.1 Å². The van der Waals surface area contributed by atoms with Crippen LogP contribution in [0.2, 0.25) is 10.0 Å². The highest BCUT2D eigenvalue weighted by Gasteiger charge is 2.12. The van der Waals surface area contributed by atoms with Gasteiger partial charge >= 0.3 is 0 Å². The van der Waals surface area contributed by atoms with Crippen LogP contribution in [0.4, 0.5) is 5.69 Å². The van der Waals surface area contributed by atoms with Crippen LogP contribution in [0.25, 0.3) is 11.1 Å². The summed E-state index contributed by atoms with van der Waals surface area (Å²) in [5.74, 6) is 0. The van der Waals surface area contributed by atoms with Crippen molar-refractivity contribution < 1.29 is 0 Å². The third-order valence-electron chi connectivity index (χ3n) is 3.05. The number of benzene rings is 2. The Morgan fingerprint density at radius 1 is 1.00 bits per heavy atom. The lowest BCUT2D eigenvalue weighted by molar-refractivity contribution is 1.11. The van der Waals surface area contributed by atoms with Gasteiger partial charge in [-0.1, -0.05) is 29.3 Å². The topological polar surface area (TPSA) is 12.0 Å². The normalized spacial score (nSPS) is 13.3. The van der Waals surface area contributed by atoms with Gasteiger partial charge in [0.05, 0.1) is 0 Å². The fourth-order valence-corrected chi connectivity index (χ4v) is 2.59. The van der Waals surface area contributed by atoms with Gasteiger partial charge in [-0.2, -0.15) is 0 Å². The Bertz CT molecular complexity index is 578. The lowest BCUT2D eigenvalue weighted by Gasteiger charge is -2.07. The van der Waals surface area contributed by atoms with E-state index in [1.165, 1.54) is 11.3 Å². The van der Waals surface area contributed by atoms with E-state index in [0.29, 0.717) is 5.02 Å². The second kappa shape index (κ2) is 4.25. The molecule has 0 saturated carbocycles. The molecule has 0 atom stereocenters. The molecule has 3 rings (SSSR count). The molecule has 0 spiro atoms. The number of hydrogen-bond acceptors (Lipinski definition) is 1. The Kier molecular flexibility index (Phi) is 2.73. The third-order valence-corrected chi connectivity index (χ3v) is 3.62. The molecule has 1 heterocycles. The molecule has 3 heteroatoms. The minimum Gasteiger partial charge on any atom is -0.384 e. The molecule has 17 heavy (non-hydrogen) atoms. The third kappa shape index (κ3) is 2.01. The molecule has 0 fully saturated rings. The Balaban J connectivity index is 2.12. The summed E-state index contributed by atoms with van der Waals surface area (Å²) >= 11 is 12.2. The number of fused-ring (bicyclic) bond motifs is 1. The van der Waals surface area contributed by atoms with E-state index in [1.54, 1.807) is 0 Å². The number of hydrogen-bond donors (Lipinski definition) is 1. The van der Waals surface area contributed by atoms with Gasteiger partial charge in [0.25, 0.3) is 0 Å². The zero-order chi connectivity index (χ0) is 11.8. The van der Waals surface area contributed by atoms with Gasteiger partial charge in [-0.05, 0) is 47.9 Å². The first-order valence-electron chi connectivity index (χ1n) is 5.56. The van der Waals surface area contributed by atoms with Crippen molar-refractivity contribution >= 4 is 28.9 Å². The molecule has 0 amide bonds. The highest BCUT2D eigenvalue weighted by molar-refractivity contribution is 6.35. The molecule has 0 aliphatic carbocycles. The highest BCUT2D eigenvalue weighted by Crippen LogP contribution is 2.33. The Morgan fingerprint density at radius 2 is 1.88 bits per heavy atom. The summed E-state index contributed by atoms with van der Waals surface area (Å²) in [5.41, 5.74) is 4.69. The smallest absolute Gasteiger partial charge is 0.0485 e. The molecule has 2 aromatic carbocycles. The van der Waals surface area contributed by atoms with Crippen molar-refractivity contribution in [2.24, 2.45) is 0 Å². The van der Waals surface area contributed by atoms with Gasteiger partial charge < -0.3 is 5.32 Å². The van der Waals surface area contributed by atoms with Crippen molar-refractivity contribution in [1.29, 1.82) is 0 Å². The molecular formula is C14H11Cl2N. The van der Waals surface area contributed by atoms with Gasteiger partial charge in [0.2, 0.25) is 0 Å². The van der Waals surface area contributed by atoms with E-state index < -0.39 is 0 Å². The summed E-state index contributed by atoms with van der Waals surface area (Å²) in [6, 6.07) is 11.9. The maximum atomic E-state index is 6.21. The van der Waals surface area contributed by atoms with Gasteiger partial charge in [-0.3, -0.25) is 0 Å². The summed E-state index contributed by atoms with van der Waals surface area (Å²) in [7, 11) is 0. The van der Waals surface area contributed by atoms with Crippen LogP contribution in [0.3, 0.4) is 0 Å². The first-order valence-corrected chi connectivity index (χ1v) is 6.32. The summed E-state index contributed by atoms with van der Waals surface area (Å²) in [6.45, 7) is 1.02. The molecule has 1 aliphatic rings. The molecule has 0 saturated heterocycles. The van der Waals surface area contributed by atoms with E-state index in [0.717, 1.165) is 29.1 Å². The van der Waals surface area contributed by atoms with Gasteiger partial charge in [0.15, 0.2) is 0 Å². The van der Waals surface area contributed by atoms with Crippen molar-refractivity contribution in [2.75, 3.05) is 11.9 Å². The van der Waals surface area contributed by atoms with E-state index in [-0.39, 0.29) is 0 Å². The molecule has 86 valence electrons. The molecule has 0 aromatic heterocycles. The molecule has 0 bridgehead atoms. The van der Waals surface area contributed by atoms with Crippen LogP contribution < -0.4 is 5.32 Å². The van der Waals surface area contributed by atoms with Crippen LogP contribution in [0.5, 0.6) is 0 Å². The average molecular weight is 264 g/mol. The fourth-order valence-electron chi connectivity index (χ4n) is 2.19. The summed E-state index contributed by atoms with van der Waals surface area (Å²) in [5, 5.41) is 4.79. The van der Waals surface area contributed by atoms with Gasteiger partial charge in [0, 0.05) is 27.8 Å². The number of rotatable bonds is 1. The average Bonchev–Trinajstić information content (AvgIpc) is 2.79. The molecule has 1 nitrogen and oxygen atoms in total. The van der Waals surface area contributed by atoms with Crippen molar-refractivity contribution in [3.63, 3.8) is 0 Å². The first-order chi connectivity index (χ1) is 8.24. The predicted molar refractivity (Wildman–Crippen MR) is 74.1 cm³/mol. The predicted octanol–water partition coefficient (Wildman–Crippen LogP) is 4.63. The molecule has 0 radical (unpaired) electrons. The molecule has 2 aromatic rings. The first kappa shape index (κ1) is 10.9. The highest BCUT2D eigenvalue weighted by atomic mass is 35.5. The molecule has 1 aliphatic heterocycles. The molecular weight excluding hydrogens is 253 g/mol.